The fraction of sp³-hybridized carbons (Fsp3) is 0.0769. The van der Waals surface area contributed by atoms with Gasteiger partial charge in [-0.25, -0.2) is 9.97 Å². The molecule has 0 atom stereocenters. The smallest absolute Gasteiger partial charge is 0.297 e. The van der Waals surface area contributed by atoms with E-state index in [0.29, 0.717) is 22.1 Å². The minimum atomic E-state index is -0.579. The highest BCUT2D eigenvalue weighted by atomic mass is 35.5. The standard InChI is InChI=1S/C13H8ClN3O2/c14-8-2-3-9-10(6-8)17(13(19)12(9)18)7-11-15-4-1-5-16-11/h1-6H,7H2. The summed E-state index contributed by atoms with van der Waals surface area (Å²) >= 11 is 5.91. The zero-order valence-electron chi connectivity index (χ0n) is 9.71. The molecule has 1 aromatic carbocycles. The van der Waals surface area contributed by atoms with E-state index in [1.54, 1.807) is 36.7 Å². The summed E-state index contributed by atoms with van der Waals surface area (Å²) in [4.78, 5) is 33.2. The molecule has 0 saturated carbocycles. The number of carbonyl (C=O) groups excluding carboxylic acids is 2. The van der Waals surface area contributed by atoms with Gasteiger partial charge in [0, 0.05) is 17.4 Å². The first-order valence-corrected chi connectivity index (χ1v) is 5.96. The van der Waals surface area contributed by atoms with Gasteiger partial charge in [-0.1, -0.05) is 11.6 Å². The van der Waals surface area contributed by atoms with Crippen molar-refractivity contribution in [2.45, 2.75) is 6.54 Å². The van der Waals surface area contributed by atoms with Crippen LogP contribution in [0, 0.1) is 0 Å². The Balaban J connectivity index is 2.01. The molecule has 0 radical (unpaired) electrons. The number of nitrogens with zero attached hydrogens (tertiary/aromatic N) is 3. The van der Waals surface area contributed by atoms with Crippen molar-refractivity contribution in [2.24, 2.45) is 0 Å². The molecule has 0 aliphatic carbocycles. The minimum Gasteiger partial charge on any atom is -0.297 e. The van der Waals surface area contributed by atoms with Gasteiger partial charge in [-0.2, -0.15) is 0 Å². The van der Waals surface area contributed by atoms with Crippen LogP contribution >= 0.6 is 11.6 Å². The Morgan fingerprint density at radius 2 is 1.89 bits per heavy atom. The summed E-state index contributed by atoms with van der Waals surface area (Å²) in [5, 5.41) is 0.472. The van der Waals surface area contributed by atoms with Crippen molar-refractivity contribution in [1.82, 2.24) is 9.97 Å². The normalized spacial score (nSPS) is 13.8. The minimum absolute atomic E-state index is 0.152. The van der Waals surface area contributed by atoms with Crippen molar-refractivity contribution in [3.05, 3.63) is 53.1 Å². The molecule has 0 N–H and O–H groups in total. The van der Waals surface area contributed by atoms with Gasteiger partial charge in [0.2, 0.25) is 0 Å². The number of aromatic nitrogens is 2. The van der Waals surface area contributed by atoms with E-state index in [4.69, 9.17) is 11.6 Å². The molecule has 6 heteroatoms. The van der Waals surface area contributed by atoms with Gasteiger partial charge in [0.15, 0.2) is 0 Å². The van der Waals surface area contributed by atoms with Gasteiger partial charge in [0.1, 0.15) is 5.82 Å². The maximum absolute atomic E-state index is 12.0. The number of rotatable bonds is 2. The molecule has 94 valence electrons. The number of Topliss-reactive ketones (excluding diaryl/α,β-unsaturated/α-hetero) is 1. The predicted molar refractivity (Wildman–Crippen MR) is 69.0 cm³/mol. The second kappa shape index (κ2) is 4.44. The Bertz CT molecular complexity index is 673. The van der Waals surface area contributed by atoms with Gasteiger partial charge in [0.05, 0.1) is 17.8 Å². The highest BCUT2D eigenvalue weighted by molar-refractivity contribution is 6.52. The molecule has 0 fully saturated rings. The molecule has 1 aliphatic rings. The van der Waals surface area contributed by atoms with Crippen molar-refractivity contribution in [3.63, 3.8) is 0 Å². The summed E-state index contributed by atoms with van der Waals surface area (Å²) in [6.07, 6.45) is 3.17. The van der Waals surface area contributed by atoms with Crippen LogP contribution in [0.1, 0.15) is 16.2 Å². The van der Waals surface area contributed by atoms with Crippen molar-refractivity contribution in [1.29, 1.82) is 0 Å². The van der Waals surface area contributed by atoms with Gasteiger partial charge >= 0.3 is 0 Å². The highest BCUT2D eigenvalue weighted by Gasteiger charge is 2.36. The molecular weight excluding hydrogens is 266 g/mol. The quantitative estimate of drug-likeness (QED) is 0.784. The van der Waals surface area contributed by atoms with E-state index in [-0.39, 0.29) is 6.54 Å². The molecule has 3 rings (SSSR count). The monoisotopic (exact) mass is 273 g/mol. The number of fused-ring (bicyclic) bond motifs is 1. The summed E-state index contributed by atoms with van der Waals surface area (Å²) in [6.45, 7) is 0.152. The second-order valence-corrected chi connectivity index (χ2v) is 4.48. The van der Waals surface area contributed by atoms with Crippen LogP contribution in [0.15, 0.2) is 36.7 Å². The topological polar surface area (TPSA) is 63.2 Å². The zero-order chi connectivity index (χ0) is 13.4. The zero-order valence-corrected chi connectivity index (χ0v) is 10.5. The summed E-state index contributed by atoms with van der Waals surface area (Å²) in [6, 6.07) is 6.44. The van der Waals surface area contributed by atoms with Crippen molar-refractivity contribution >= 4 is 29.0 Å². The Kier molecular flexibility index (Phi) is 2.76. The van der Waals surface area contributed by atoms with Crippen molar-refractivity contribution in [3.8, 4) is 0 Å². The number of halogens is 1. The number of hydrogen-bond acceptors (Lipinski definition) is 4. The lowest BCUT2D eigenvalue weighted by Crippen LogP contribution is -2.29. The first kappa shape index (κ1) is 11.8. The van der Waals surface area contributed by atoms with E-state index in [9.17, 15) is 9.59 Å². The number of ketones is 1. The van der Waals surface area contributed by atoms with Crippen LogP contribution < -0.4 is 4.90 Å². The number of amides is 1. The molecule has 19 heavy (non-hydrogen) atoms. The SMILES string of the molecule is O=C1C(=O)N(Cc2ncccn2)c2cc(Cl)ccc21. The fourth-order valence-corrected chi connectivity index (χ4v) is 2.14. The lowest BCUT2D eigenvalue weighted by molar-refractivity contribution is -0.114. The third kappa shape index (κ3) is 1.98. The van der Waals surface area contributed by atoms with Crippen LogP contribution in [-0.2, 0) is 11.3 Å². The second-order valence-electron chi connectivity index (χ2n) is 4.05. The summed E-state index contributed by atoms with van der Waals surface area (Å²) in [5.74, 6) is -0.635. The molecule has 5 nitrogen and oxygen atoms in total. The number of anilines is 1. The van der Waals surface area contributed by atoms with E-state index in [1.807, 2.05) is 0 Å². The molecule has 1 amide bonds. The van der Waals surface area contributed by atoms with Crippen LogP contribution in [0.25, 0.3) is 0 Å². The Hall–Kier alpha value is -2.27. The van der Waals surface area contributed by atoms with Crippen LogP contribution in [0.3, 0.4) is 0 Å². The first-order chi connectivity index (χ1) is 9.16. The lowest BCUT2D eigenvalue weighted by atomic mass is 10.1. The molecule has 0 unspecified atom stereocenters. The van der Waals surface area contributed by atoms with Crippen LogP contribution in [0.2, 0.25) is 5.02 Å². The van der Waals surface area contributed by atoms with Gasteiger partial charge < -0.3 is 0 Å². The molecule has 2 heterocycles. The summed E-state index contributed by atoms with van der Waals surface area (Å²) in [5.41, 5.74) is 0.875. The molecular formula is C13H8ClN3O2. The van der Waals surface area contributed by atoms with Gasteiger partial charge in [-0.15, -0.1) is 0 Å². The summed E-state index contributed by atoms with van der Waals surface area (Å²) < 4.78 is 0. The third-order valence-electron chi connectivity index (χ3n) is 2.85. The maximum atomic E-state index is 12.0. The Morgan fingerprint density at radius 3 is 2.63 bits per heavy atom. The maximum Gasteiger partial charge on any atom is 0.299 e. The summed E-state index contributed by atoms with van der Waals surface area (Å²) in [7, 11) is 0. The van der Waals surface area contributed by atoms with Crippen LogP contribution in [-0.4, -0.2) is 21.7 Å². The van der Waals surface area contributed by atoms with Gasteiger partial charge in [-0.3, -0.25) is 14.5 Å². The molecule has 0 bridgehead atoms. The number of benzene rings is 1. The van der Waals surface area contributed by atoms with Crippen LogP contribution in [0.5, 0.6) is 0 Å². The number of carbonyl (C=O) groups is 2. The van der Waals surface area contributed by atoms with E-state index < -0.39 is 11.7 Å². The molecule has 2 aromatic rings. The van der Waals surface area contributed by atoms with Crippen molar-refractivity contribution < 1.29 is 9.59 Å². The molecule has 0 spiro atoms. The molecule has 0 saturated heterocycles. The predicted octanol–water partition coefficient (Wildman–Crippen LogP) is 1.86. The Labute approximate surface area is 113 Å². The van der Waals surface area contributed by atoms with Crippen LogP contribution in [0.4, 0.5) is 5.69 Å². The third-order valence-corrected chi connectivity index (χ3v) is 3.09. The largest absolute Gasteiger partial charge is 0.299 e. The average molecular weight is 274 g/mol. The van der Waals surface area contributed by atoms with Crippen molar-refractivity contribution in [2.75, 3.05) is 4.90 Å². The molecule has 1 aliphatic heterocycles. The number of hydrogen-bond donors (Lipinski definition) is 0. The Morgan fingerprint density at radius 1 is 1.16 bits per heavy atom. The lowest BCUT2D eigenvalue weighted by Gasteiger charge is -2.15. The van der Waals surface area contributed by atoms with E-state index in [0.717, 1.165) is 0 Å². The average Bonchev–Trinajstić information content (AvgIpc) is 2.65. The van der Waals surface area contributed by atoms with E-state index in [1.165, 1.54) is 4.90 Å². The van der Waals surface area contributed by atoms with Gasteiger partial charge in [0.25, 0.3) is 11.7 Å². The van der Waals surface area contributed by atoms with E-state index in [2.05, 4.69) is 9.97 Å². The highest BCUT2D eigenvalue weighted by Crippen LogP contribution is 2.32. The molecule has 1 aromatic heterocycles. The fourth-order valence-electron chi connectivity index (χ4n) is 1.98. The first-order valence-electron chi connectivity index (χ1n) is 5.58. The van der Waals surface area contributed by atoms with E-state index >= 15 is 0 Å². The van der Waals surface area contributed by atoms with Gasteiger partial charge in [-0.05, 0) is 24.3 Å².